The van der Waals surface area contributed by atoms with Gasteiger partial charge in [0.15, 0.2) is 5.96 Å². The lowest BCUT2D eigenvalue weighted by Crippen LogP contribution is -2.39. The van der Waals surface area contributed by atoms with Crippen molar-refractivity contribution in [3.8, 4) is 0 Å². The summed E-state index contributed by atoms with van der Waals surface area (Å²) < 4.78 is 0. The van der Waals surface area contributed by atoms with Crippen LogP contribution in [0.5, 0.6) is 0 Å². The van der Waals surface area contributed by atoms with Gasteiger partial charge in [0.05, 0.1) is 6.54 Å². The van der Waals surface area contributed by atoms with Crippen LogP contribution in [-0.2, 0) is 5.60 Å². The third kappa shape index (κ3) is 3.46. The van der Waals surface area contributed by atoms with Gasteiger partial charge < -0.3 is 16.2 Å². The summed E-state index contributed by atoms with van der Waals surface area (Å²) in [7, 11) is 0. The Morgan fingerprint density at radius 2 is 2.33 bits per heavy atom. The molecule has 1 aromatic rings. The van der Waals surface area contributed by atoms with Crippen molar-refractivity contribution in [2.45, 2.75) is 44.2 Å². The molecule has 0 aliphatic heterocycles. The van der Waals surface area contributed by atoms with Gasteiger partial charge in [0.2, 0.25) is 0 Å². The van der Waals surface area contributed by atoms with E-state index in [0.717, 1.165) is 18.4 Å². The van der Waals surface area contributed by atoms with E-state index in [4.69, 9.17) is 5.73 Å². The molecule has 0 saturated heterocycles. The van der Waals surface area contributed by atoms with Gasteiger partial charge in [-0.15, -0.1) is 0 Å². The maximum Gasteiger partial charge on any atom is 0.188 e. The Bertz CT molecular complexity index is 394. The Kier molecular flexibility index (Phi) is 4.24. The van der Waals surface area contributed by atoms with Gasteiger partial charge in [-0.25, -0.2) is 0 Å². The van der Waals surface area contributed by atoms with Gasteiger partial charge in [0, 0.05) is 6.04 Å². The molecule has 1 unspecified atom stereocenters. The number of guanidine groups is 1. The Morgan fingerprint density at radius 3 is 2.94 bits per heavy atom. The van der Waals surface area contributed by atoms with Crippen molar-refractivity contribution in [3.05, 3.63) is 22.4 Å². The van der Waals surface area contributed by atoms with E-state index in [1.807, 2.05) is 16.8 Å². The molecule has 0 aromatic carbocycles. The number of rotatable bonds is 4. The summed E-state index contributed by atoms with van der Waals surface area (Å²) in [5, 5.41) is 17.4. The number of aliphatic hydroxyl groups is 1. The van der Waals surface area contributed by atoms with Crippen LogP contribution in [0, 0.1) is 0 Å². The summed E-state index contributed by atoms with van der Waals surface area (Å²) in [4.78, 5) is 4.25. The van der Waals surface area contributed by atoms with Crippen molar-refractivity contribution in [1.82, 2.24) is 5.32 Å². The van der Waals surface area contributed by atoms with Crippen LogP contribution in [0.4, 0.5) is 0 Å². The van der Waals surface area contributed by atoms with Gasteiger partial charge in [0.25, 0.3) is 0 Å². The summed E-state index contributed by atoms with van der Waals surface area (Å²) in [6.07, 6.45) is 4.85. The first-order valence-electron chi connectivity index (χ1n) is 6.39. The maximum absolute atomic E-state index is 10.3. The first-order chi connectivity index (χ1) is 8.58. The molecule has 1 aliphatic rings. The van der Waals surface area contributed by atoms with E-state index in [0.29, 0.717) is 12.0 Å². The average Bonchev–Trinajstić information content (AvgIpc) is 2.99. The maximum atomic E-state index is 10.3. The van der Waals surface area contributed by atoms with Gasteiger partial charge in [-0.05, 0) is 42.2 Å². The highest BCUT2D eigenvalue weighted by atomic mass is 32.1. The van der Waals surface area contributed by atoms with E-state index < -0.39 is 5.60 Å². The van der Waals surface area contributed by atoms with E-state index in [2.05, 4.69) is 10.3 Å². The molecule has 1 atom stereocenters. The Balaban J connectivity index is 1.88. The van der Waals surface area contributed by atoms with Crippen LogP contribution in [0.1, 0.15) is 38.2 Å². The van der Waals surface area contributed by atoms with Gasteiger partial charge in [-0.2, -0.15) is 11.3 Å². The van der Waals surface area contributed by atoms with E-state index in [9.17, 15) is 5.11 Å². The van der Waals surface area contributed by atoms with Crippen LogP contribution >= 0.6 is 11.3 Å². The zero-order chi connectivity index (χ0) is 13.0. The van der Waals surface area contributed by atoms with Crippen molar-refractivity contribution < 1.29 is 5.11 Å². The average molecular weight is 267 g/mol. The summed E-state index contributed by atoms with van der Waals surface area (Å²) in [5.74, 6) is 0.442. The third-order valence-electron chi connectivity index (χ3n) is 3.41. The molecular formula is C13H21N3OS. The second-order valence-electron chi connectivity index (χ2n) is 5.11. The van der Waals surface area contributed by atoms with Crippen LogP contribution in [0.15, 0.2) is 21.8 Å². The molecule has 2 rings (SSSR count). The van der Waals surface area contributed by atoms with Crippen molar-refractivity contribution in [1.29, 1.82) is 0 Å². The Morgan fingerprint density at radius 1 is 1.61 bits per heavy atom. The molecule has 1 aromatic heterocycles. The molecule has 0 bridgehead atoms. The zero-order valence-corrected chi connectivity index (χ0v) is 11.5. The number of aliphatic imine (C=N–C) groups is 1. The normalized spacial score (nSPS) is 20.9. The summed E-state index contributed by atoms with van der Waals surface area (Å²) in [5.41, 5.74) is 5.80. The van der Waals surface area contributed by atoms with Gasteiger partial charge >= 0.3 is 0 Å². The van der Waals surface area contributed by atoms with Crippen molar-refractivity contribution in [3.63, 3.8) is 0 Å². The predicted octanol–water partition coefficient (Wildman–Crippen LogP) is 1.80. The summed E-state index contributed by atoms with van der Waals surface area (Å²) in [6.45, 7) is 2.05. The second kappa shape index (κ2) is 5.71. The van der Waals surface area contributed by atoms with E-state index in [-0.39, 0.29) is 6.54 Å². The molecule has 1 saturated carbocycles. The lowest BCUT2D eigenvalue weighted by atomic mass is 10.00. The van der Waals surface area contributed by atoms with Crippen molar-refractivity contribution in [2.24, 2.45) is 10.7 Å². The molecule has 4 nitrogen and oxygen atoms in total. The molecule has 5 heteroatoms. The number of thiophene rings is 1. The van der Waals surface area contributed by atoms with Crippen molar-refractivity contribution in [2.75, 3.05) is 6.54 Å². The molecule has 0 radical (unpaired) electrons. The number of nitrogens with zero attached hydrogens (tertiary/aromatic N) is 1. The van der Waals surface area contributed by atoms with Crippen LogP contribution in [0.2, 0.25) is 0 Å². The minimum absolute atomic E-state index is 0.287. The predicted molar refractivity (Wildman–Crippen MR) is 75.8 cm³/mol. The first kappa shape index (κ1) is 13.4. The van der Waals surface area contributed by atoms with Crippen molar-refractivity contribution >= 4 is 17.3 Å². The molecule has 0 spiro atoms. The number of hydrogen-bond acceptors (Lipinski definition) is 3. The first-order valence-corrected chi connectivity index (χ1v) is 7.34. The fourth-order valence-electron chi connectivity index (χ4n) is 2.23. The molecule has 100 valence electrons. The summed E-state index contributed by atoms with van der Waals surface area (Å²) >= 11 is 1.57. The molecule has 18 heavy (non-hydrogen) atoms. The van der Waals surface area contributed by atoms with E-state index in [1.165, 1.54) is 12.8 Å². The Hall–Kier alpha value is -1.07. The number of nitrogens with one attached hydrogen (secondary N) is 1. The topological polar surface area (TPSA) is 70.6 Å². The standard InChI is InChI=1S/C13H21N3OS/c1-13(17,10-6-7-18-8-10)9-15-12(14)16-11-4-2-3-5-11/h6-8,11,17H,2-5,9H2,1H3,(H3,14,15,16). The lowest BCUT2D eigenvalue weighted by Gasteiger charge is -2.20. The molecule has 1 fully saturated rings. The quantitative estimate of drug-likeness (QED) is 0.575. The highest BCUT2D eigenvalue weighted by molar-refractivity contribution is 7.08. The number of hydrogen-bond donors (Lipinski definition) is 3. The van der Waals surface area contributed by atoms with Crippen LogP contribution < -0.4 is 11.1 Å². The third-order valence-corrected chi connectivity index (χ3v) is 4.09. The molecule has 4 N–H and O–H groups in total. The van der Waals surface area contributed by atoms with E-state index in [1.54, 1.807) is 18.3 Å². The fourth-order valence-corrected chi connectivity index (χ4v) is 3.01. The Labute approximate surface area is 112 Å². The minimum Gasteiger partial charge on any atom is -0.383 e. The minimum atomic E-state index is -0.942. The highest BCUT2D eigenvalue weighted by Gasteiger charge is 2.23. The number of nitrogens with two attached hydrogens (primary N) is 1. The van der Waals surface area contributed by atoms with E-state index >= 15 is 0 Å². The molecule has 0 amide bonds. The largest absolute Gasteiger partial charge is 0.383 e. The van der Waals surface area contributed by atoms with Crippen LogP contribution in [0.25, 0.3) is 0 Å². The smallest absolute Gasteiger partial charge is 0.188 e. The SMILES string of the molecule is CC(O)(CN=C(N)NC1CCCC1)c1ccsc1. The van der Waals surface area contributed by atoms with Gasteiger partial charge in [0.1, 0.15) is 5.60 Å². The second-order valence-corrected chi connectivity index (χ2v) is 5.89. The van der Waals surface area contributed by atoms with Crippen LogP contribution in [0.3, 0.4) is 0 Å². The highest BCUT2D eigenvalue weighted by Crippen LogP contribution is 2.23. The fraction of sp³-hybridized carbons (Fsp3) is 0.615. The molecule has 1 heterocycles. The van der Waals surface area contributed by atoms with Gasteiger partial charge in [-0.1, -0.05) is 12.8 Å². The monoisotopic (exact) mass is 267 g/mol. The molecular weight excluding hydrogens is 246 g/mol. The lowest BCUT2D eigenvalue weighted by molar-refractivity contribution is 0.0677. The summed E-state index contributed by atoms with van der Waals surface area (Å²) in [6, 6.07) is 2.38. The molecule has 1 aliphatic carbocycles. The zero-order valence-electron chi connectivity index (χ0n) is 10.7. The van der Waals surface area contributed by atoms with Gasteiger partial charge in [-0.3, -0.25) is 4.99 Å². The van der Waals surface area contributed by atoms with Crippen LogP contribution in [-0.4, -0.2) is 23.7 Å².